The molecule has 6 heteroatoms. The Hall–Kier alpha value is -1.40. The lowest BCUT2D eigenvalue weighted by atomic mass is 10.3. The summed E-state index contributed by atoms with van der Waals surface area (Å²) in [6.07, 6.45) is 2.78. The highest BCUT2D eigenvalue weighted by Crippen LogP contribution is 2.06. The summed E-state index contributed by atoms with van der Waals surface area (Å²) in [5.74, 6) is 1.42. The average molecular weight is 254 g/mol. The van der Waals surface area contributed by atoms with Gasteiger partial charge in [0.25, 0.3) is 0 Å². The van der Waals surface area contributed by atoms with Crippen LogP contribution in [0.5, 0.6) is 0 Å². The normalized spacial score (nSPS) is 12.2. The number of methoxy groups -OCH3 is 2. The molecular formula is C12H22N4O2. The van der Waals surface area contributed by atoms with Crippen molar-refractivity contribution in [2.45, 2.75) is 19.4 Å². The van der Waals surface area contributed by atoms with Crippen molar-refractivity contribution in [1.82, 2.24) is 9.97 Å². The summed E-state index contributed by atoms with van der Waals surface area (Å²) in [6.45, 7) is 4.17. The number of anilines is 2. The molecule has 0 aliphatic carbocycles. The average Bonchev–Trinajstić information content (AvgIpc) is 2.41. The second-order valence-electron chi connectivity index (χ2n) is 3.89. The predicted octanol–water partition coefficient (Wildman–Crippen LogP) is 1.37. The number of nitrogens with zero attached hydrogens (tertiary/aromatic N) is 2. The van der Waals surface area contributed by atoms with E-state index in [1.54, 1.807) is 20.4 Å². The van der Waals surface area contributed by atoms with Gasteiger partial charge in [0.05, 0.1) is 12.7 Å². The molecule has 1 atom stereocenters. The molecule has 1 rings (SSSR count). The van der Waals surface area contributed by atoms with Gasteiger partial charge in [0.1, 0.15) is 5.82 Å². The lowest BCUT2D eigenvalue weighted by molar-refractivity contribution is 0.0365. The van der Waals surface area contributed by atoms with Crippen LogP contribution in [-0.2, 0) is 9.47 Å². The first-order valence-electron chi connectivity index (χ1n) is 6.12. The molecule has 102 valence electrons. The highest BCUT2D eigenvalue weighted by Gasteiger charge is 2.07. The summed E-state index contributed by atoms with van der Waals surface area (Å²) in [7, 11) is 3.32. The molecule has 0 saturated heterocycles. The third-order valence-electron chi connectivity index (χ3n) is 2.39. The van der Waals surface area contributed by atoms with Gasteiger partial charge >= 0.3 is 0 Å². The molecule has 1 aromatic heterocycles. The highest BCUT2D eigenvalue weighted by molar-refractivity contribution is 5.39. The van der Waals surface area contributed by atoms with Crippen LogP contribution in [0.2, 0.25) is 0 Å². The van der Waals surface area contributed by atoms with Gasteiger partial charge in [-0.1, -0.05) is 6.92 Å². The third kappa shape index (κ3) is 5.29. The zero-order chi connectivity index (χ0) is 13.2. The first-order valence-corrected chi connectivity index (χ1v) is 6.12. The Labute approximate surface area is 108 Å². The minimum absolute atomic E-state index is 0.0111. The minimum Gasteiger partial charge on any atom is -0.382 e. The highest BCUT2D eigenvalue weighted by atomic mass is 16.5. The number of hydrogen-bond donors (Lipinski definition) is 2. The summed E-state index contributed by atoms with van der Waals surface area (Å²) >= 11 is 0. The summed E-state index contributed by atoms with van der Waals surface area (Å²) in [6, 6.07) is 1.83. The smallest absolute Gasteiger partial charge is 0.224 e. The summed E-state index contributed by atoms with van der Waals surface area (Å²) in [5.41, 5.74) is 0. The van der Waals surface area contributed by atoms with Crippen LogP contribution in [0.3, 0.4) is 0 Å². The molecule has 0 amide bonds. The Morgan fingerprint density at radius 2 is 2.17 bits per heavy atom. The van der Waals surface area contributed by atoms with Crippen LogP contribution in [0, 0.1) is 0 Å². The van der Waals surface area contributed by atoms with Gasteiger partial charge in [-0.25, -0.2) is 4.98 Å². The molecule has 6 nitrogen and oxygen atoms in total. The Morgan fingerprint density at radius 1 is 1.33 bits per heavy atom. The number of nitrogens with one attached hydrogen (secondary N) is 2. The quantitative estimate of drug-likeness (QED) is 0.694. The maximum atomic E-state index is 5.26. The Kier molecular flexibility index (Phi) is 7.05. The summed E-state index contributed by atoms with van der Waals surface area (Å²) < 4.78 is 10.3. The number of rotatable bonds is 9. The Morgan fingerprint density at radius 3 is 2.83 bits per heavy atom. The molecule has 18 heavy (non-hydrogen) atoms. The van der Waals surface area contributed by atoms with Crippen LogP contribution >= 0.6 is 0 Å². The van der Waals surface area contributed by atoms with Crippen LogP contribution in [0.4, 0.5) is 11.8 Å². The van der Waals surface area contributed by atoms with E-state index in [0.29, 0.717) is 19.1 Å². The van der Waals surface area contributed by atoms with Crippen LogP contribution in [-0.4, -0.2) is 50.0 Å². The number of ether oxygens (including phenoxy) is 2. The van der Waals surface area contributed by atoms with E-state index in [-0.39, 0.29) is 6.10 Å². The zero-order valence-electron chi connectivity index (χ0n) is 11.3. The molecule has 0 saturated carbocycles. The molecule has 1 heterocycles. The predicted molar refractivity (Wildman–Crippen MR) is 72.0 cm³/mol. The van der Waals surface area contributed by atoms with E-state index in [2.05, 4.69) is 27.5 Å². The zero-order valence-corrected chi connectivity index (χ0v) is 11.3. The van der Waals surface area contributed by atoms with Crippen molar-refractivity contribution in [3.05, 3.63) is 12.3 Å². The maximum absolute atomic E-state index is 5.26. The van der Waals surface area contributed by atoms with Crippen LogP contribution in [0.25, 0.3) is 0 Å². The second kappa shape index (κ2) is 8.66. The van der Waals surface area contributed by atoms with E-state index in [1.807, 2.05) is 6.07 Å². The van der Waals surface area contributed by atoms with Gasteiger partial charge < -0.3 is 20.1 Å². The second-order valence-corrected chi connectivity index (χ2v) is 3.89. The fourth-order valence-electron chi connectivity index (χ4n) is 1.39. The van der Waals surface area contributed by atoms with Crippen LogP contribution in [0.1, 0.15) is 13.3 Å². The Bertz CT molecular complexity index is 336. The van der Waals surface area contributed by atoms with Crippen LogP contribution < -0.4 is 10.6 Å². The molecule has 2 N–H and O–H groups in total. The van der Waals surface area contributed by atoms with E-state index in [9.17, 15) is 0 Å². The van der Waals surface area contributed by atoms with Gasteiger partial charge in [-0.05, 0) is 12.5 Å². The van der Waals surface area contributed by atoms with Crippen molar-refractivity contribution in [3.8, 4) is 0 Å². The van der Waals surface area contributed by atoms with Crippen molar-refractivity contribution < 1.29 is 9.47 Å². The van der Waals surface area contributed by atoms with Gasteiger partial charge in [0.15, 0.2) is 0 Å². The van der Waals surface area contributed by atoms with Crippen LogP contribution in [0.15, 0.2) is 12.3 Å². The lowest BCUT2D eigenvalue weighted by Gasteiger charge is -2.15. The molecule has 0 aliphatic rings. The van der Waals surface area contributed by atoms with Crippen molar-refractivity contribution in [2.75, 3.05) is 44.5 Å². The third-order valence-corrected chi connectivity index (χ3v) is 2.39. The largest absolute Gasteiger partial charge is 0.382 e. The number of hydrogen-bond acceptors (Lipinski definition) is 6. The van der Waals surface area contributed by atoms with Gasteiger partial charge in [-0.2, -0.15) is 4.98 Å². The molecule has 0 spiro atoms. The molecule has 0 radical (unpaired) electrons. The fourth-order valence-corrected chi connectivity index (χ4v) is 1.39. The molecule has 0 bridgehead atoms. The minimum atomic E-state index is 0.0111. The first kappa shape index (κ1) is 14.7. The van der Waals surface area contributed by atoms with E-state index < -0.39 is 0 Å². The monoisotopic (exact) mass is 254 g/mol. The molecule has 0 aliphatic heterocycles. The van der Waals surface area contributed by atoms with Crippen molar-refractivity contribution in [3.63, 3.8) is 0 Å². The van der Waals surface area contributed by atoms with Gasteiger partial charge in [0, 0.05) is 33.5 Å². The summed E-state index contributed by atoms with van der Waals surface area (Å²) in [5, 5.41) is 6.34. The standard InChI is InChI=1S/C12H22N4O2/c1-4-6-13-12-14-7-5-11(16-12)15-8-10(18-3)9-17-2/h5,7,10H,4,6,8-9H2,1-3H3,(H2,13,14,15,16). The topological polar surface area (TPSA) is 68.3 Å². The fraction of sp³-hybridized carbons (Fsp3) is 0.667. The number of aromatic nitrogens is 2. The SMILES string of the molecule is CCCNc1nccc(NCC(COC)OC)n1. The van der Waals surface area contributed by atoms with E-state index >= 15 is 0 Å². The maximum Gasteiger partial charge on any atom is 0.224 e. The van der Waals surface area contributed by atoms with Crippen molar-refractivity contribution >= 4 is 11.8 Å². The first-order chi connectivity index (χ1) is 8.80. The molecule has 0 fully saturated rings. The summed E-state index contributed by atoms with van der Waals surface area (Å²) in [4.78, 5) is 8.49. The van der Waals surface area contributed by atoms with E-state index in [0.717, 1.165) is 18.8 Å². The van der Waals surface area contributed by atoms with Gasteiger partial charge in [0.2, 0.25) is 5.95 Å². The van der Waals surface area contributed by atoms with E-state index in [4.69, 9.17) is 9.47 Å². The van der Waals surface area contributed by atoms with E-state index in [1.165, 1.54) is 0 Å². The molecule has 1 unspecified atom stereocenters. The van der Waals surface area contributed by atoms with Gasteiger partial charge in [-0.3, -0.25) is 0 Å². The lowest BCUT2D eigenvalue weighted by Crippen LogP contribution is -2.27. The molecule has 0 aromatic carbocycles. The van der Waals surface area contributed by atoms with Crippen molar-refractivity contribution in [1.29, 1.82) is 0 Å². The molecular weight excluding hydrogens is 232 g/mol. The van der Waals surface area contributed by atoms with Crippen molar-refractivity contribution in [2.24, 2.45) is 0 Å². The Balaban J connectivity index is 2.45. The van der Waals surface area contributed by atoms with Gasteiger partial charge in [-0.15, -0.1) is 0 Å². The molecule has 1 aromatic rings.